The van der Waals surface area contributed by atoms with Gasteiger partial charge in [-0.3, -0.25) is 9.13 Å². The SMILES string of the molecule is CC(C)NC(=S)NC(=NCc1ccc(Cl)cc1)Nc1ccc(OC(C)C)cc1.CC(C)Oc1ccc(NC(N)=NCc2ccc(Cl)cc2)cc1.CC(C)Oc1ccc(Nc2nc(=S)n(C(C)C)c(=O)n2Cc2ccc(Cl)cc2)cc1. The van der Waals surface area contributed by atoms with E-state index in [1.807, 2.05) is 203 Å². The Kier molecular flexibility index (Phi) is 25.6. The maximum Gasteiger partial charge on any atom is 0.333 e. The molecule has 0 bridgehead atoms. The van der Waals surface area contributed by atoms with Crippen LogP contribution in [0.3, 0.4) is 0 Å². The van der Waals surface area contributed by atoms with Gasteiger partial charge in [-0.1, -0.05) is 71.2 Å². The summed E-state index contributed by atoms with van der Waals surface area (Å²) in [7, 11) is 0. The van der Waals surface area contributed by atoms with Crippen molar-refractivity contribution >= 4 is 99.3 Å². The lowest BCUT2D eigenvalue weighted by atomic mass is 10.2. The average Bonchev–Trinajstić information content (AvgIpc) is 3.40. The van der Waals surface area contributed by atoms with Crippen LogP contribution in [0.25, 0.3) is 0 Å². The van der Waals surface area contributed by atoms with E-state index in [0.29, 0.717) is 57.7 Å². The summed E-state index contributed by atoms with van der Waals surface area (Å²) >= 11 is 28.5. The topological polar surface area (TPSA) is 178 Å². The minimum atomic E-state index is -0.220. The summed E-state index contributed by atoms with van der Waals surface area (Å²) < 4.78 is 20.3. The molecule has 20 heteroatoms. The van der Waals surface area contributed by atoms with Crippen LogP contribution in [0.1, 0.15) is 92.0 Å². The van der Waals surface area contributed by atoms with E-state index in [1.165, 1.54) is 4.57 Å². The van der Waals surface area contributed by atoms with Gasteiger partial charge in [-0.15, -0.1) is 0 Å². The maximum absolute atomic E-state index is 13.2. The number of aromatic nitrogens is 3. The number of guanidine groups is 2. The van der Waals surface area contributed by atoms with Gasteiger partial charge in [0.05, 0.1) is 37.9 Å². The van der Waals surface area contributed by atoms with Crippen molar-refractivity contribution in [3.63, 3.8) is 0 Å². The molecule has 7 rings (SSSR count). The number of nitrogens with one attached hydrogen (secondary N) is 5. The highest BCUT2D eigenvalue weighted by Crippen LogP contribution is 2.22. The van der Waals surface area contributed by atoms with Gasteiger partial charge < -0.3 is 46.5 Å². The Bertz CT molecular complexity index is 3210. The molecule has 7 N–H and O–H groups in total. The second kappa shape index (κ2) is 32.2. The zero-order valence-electron chi connectivity index (χ0n) is 46.8. The van der Waals surface area contributed by atoms with Crippen LogP contribution in [0.2, 0.25) is 15.1 Å². The maximum atomic E-state index is 13.2. The number of nitrogens with zero attached hydrogens (tertiary/aromatic N) is 5. The van der Waals surface area contributed by atoms with Crippen LogP contribution in [0.15, 0.2) is 160 Å². The van der Waals surface area contributed by atoms with Crippen LogP contribution >= 0.6 is 59.2 Å². The van der Waals surface area contributed by atoms with Crippen molar-refractivity contribution in [2.75, 3.05) is 16.0 Å². The van der Waals surface area contributed by atoms with Crippen molar-refractivity contribution in [3.8, 4) is 17.2 Å². The van der Waals surface area contributed by atoms with Crippen LogP contribution in [-0.4, -0.2) is 55.5 Å². The summed E-state index contributed by atoms with van der Waals surface area (Å²) in [4.78, 5) is 26.7. The van der Waals surface area contributed by atoms with Crippen molar-refractivity contribution in [1.29, 1.82) is 0 Å². The van der Waals surface area contributed by atoms with Crippen LogP contribution in [0.4, 0.5) is 23.0 Å². The Morgan fingerprint density at radius 1 is 0.575 bits per heavy atom. The molecule has 0 radical (unpaired) electrons. The van der Waals surface area contributed by atoms with Gasteiger partial charge in [0.2, 0.25) is 16.7 Å². The highest BCUT2D eigenvalue weighted by Gasteiger charge is 2.15. The third-order valence-electron chi connectivity index (χ3n) is 10.7. The van der Waals surface area contributed by atoms with Gasteiger partial charge in [0, 0.05) is 44.2 Å². The highest BCUT2D eigenvalue weighted by atomic mass is 35.5. The van der Waals surface area contributed by atoms with Crippen LogP contribution < -0.4 is 52.2 Å². The number of anilines is 4. The zero-order chi connectivity index (χ0) is 58.3. The fourth-order valence-corrected chi connectivity index (χ4v) is 8.21. The number of aliphatic imine (C=N–C) groups is 2. The van der Waals surface area contributed by atoms with E-state index in [-0.39, 0.29) is 40.9 Å². The van der Waals surface area contributed by atoms with Gasteiger partial charge >= 0.3 is 5.69 Å². The standard InChI is InChI=1S/C22H25ClN4O2S.C21H27ClN4OS.C17H20ClN3O/c1-14(2)27-21(30)25-20(24-18-9-11-19(12-10-18)29-15(3)4)26(22(27)28)13-16-5-7-17(23)8-6-16;1-14(2)24-21(28)26-20(23-13-16-5-7-17(22)8-6-16)25-18-9-11-19(12-10-18)27-15(3)4;1-12(2)22-16-9-7-15(8-10-16)21-17(19)20-11-13-3-5-14(18)6-4-13/h5-12,14-15H,13H2,1-4H3,(H,24,25,30);5-12,14-15H,13H2,1-4H3,(H3,23,24,25,26,28);3-10,12H,11H2,1-2H3,(H3,19,20,21). The summed E-state index contributed by atoms with van der Waals surface area (Å²) in [6, 6.07) is 45.5. The molecule has 0 unspecified atom stereocenters. The Labute approximate surface area is 496 Å². The van der Waals surface area contributed by atoms with Crippen LogP contribution in [-0.2, 0) is 19.6 Å². The first-order valence-electron chi connectivity index (χ1n) is 26.1. The first-order valence-corrected chi connectivity index (χ1v) is 28.0. The van der Waals surface area contributed by atoms with E-state index in [2.05, 4.69) is 41.6 Å². The first-order chi connectivity index (χ1) is 38.1. The predicted octanol–water partition coefficient (Wildman–Crippen LogP) is 14.6. The number of ether oxygens (including phenoxy) is 3. The fraction of sp³-hybridized carbons (Fsp3) is 0.300. The molecule has 80 heavy (non-hydrogen) atoms. The van der Waals surface area contributed by atoms with Crippen LogP contribution in [0.5, 0.6) is 17.2 Å². The summed E-state index contributed by atoms with van der Waals surface area (Å²) in [5.74, 6) is 3.74. The Morgan fingerprint density at radius 2 is 0.975 bits per heavy atom. The molecular formula is C60H72Cl3N11O4S2. The lowest BCUT2D eigenvalue weighted by Gasteiger charge is -2.18. The third kappa shape index (κ3) is 22.9. The van der Waals surface area contributed by atoms with E-state index in [9.17, 15) is 4.79 Å². The lowest BCUT2D eigenvalue weighted by Crippen LogP contribution is -2.44. The molecular weight excluding hydrogens is 1110 g/mol. The molecule has 0 aliphatic rings. The first kappa shape index (κ1) is 63.7. The molecule has 0 atom stereocenters. The van der Waals surface area contributed by atoms with Gasteiger partial charge in [-0.2, -0.15) is 4.98 Å². The van der Waals surface area contributed by atoms with Crippen molar-refractivity contribution in [2.45, 2.75) is 119 Å². The monoisotopic (exact) mass is 1180 g/mol. The molecule has 0 aliphatic heterocycles. The molecule has 0 saturated carbocycles. The lowest BCUT2D eigenvalue weighted by molar-refractivity contribution is 0.242. The molecule has 0 saturated heterocycles. The quantitative estimate of drug-likeness (QED) is 0.0272. The molecule has 1 heterocycles. The number of halogens is 3. The van der Waals surface area contributed by atoms with Gasteiger partial charge in [-0.05, 0) is 220 Å². The Hall–Kier alpha value is -7.15. The minimum absolute atomic E-state index is 0.0957. The van der Waals surface area contributed by atoms with Crippen molar-refractivity contribution in [1.82, 2.24) is 24.8 Å². The molecule has 6 aromatic carbocycles. The molecule has 15 nitrogen and oxygen atoms in total. The molecule has 0 fully saturated rings. The van der Waals surface area contributed by atoms with Crippen molar-refractivity contribution in [2.24, 2.45) is 15.7 Å². The molecule has 0 spiro atoms. The van der Waals surface area contributed by atoms with E-state index in [1.54, 1.807) is 16.7 Å². The molecule has 424 valence electrons. The molecule has 1 aromatic heterocycles. The van der Waals surface area contributed by atoms with E-state index in [0.717, 1.165) is 51.0 Å². The fourth-order valence-electron chi connectivity index (χ4n) is 7.12. The summed E-state index contributed by atoms with van der Waals surface area (Å²) in [6.45, 7) is 21.1. The molecule has 0 aliphatic carbocycles. The number of hydrogen-bond acceptors (Lipinski definition) is 10. The number of thiocarbonyl (C=S) groups is 1. The average molecular weight is 1180 g/mol. The second-order valence-corrected chi connectivity index (χ2v) is 21.6. The Balaban J connectivity index is 0.000000223. The second-order valence-electron chi connectivity index (χ2n) is 19.5. The highest BCUT2D eigenvalue weighted by molar-refractivity contribution is 7.80. The van der Waals surface area contributed by atoms with E-state index in [4.69, 9.17) is 79.2 Å². The van der Waals surface area contributed by atoms with Gasteiger partial charge in [0.15, 0.2) is 11.1 Å². The largest absolute Gasteiger partial charge is 0.491 e. The Morgan fingerprint density at radius 3 is 1.39 bits per heavy atom. The number of nitrogens with two attached hydrogens (primary N) is 1. The zero-order valence-corrected chi connectivity index (χ0v) is 50.7. The normalized spacial score (nSPS) is 11.4. The number of benzene rings is 6. The molecule has 7 aromatic rings. The number of rotatable bonds is 18. The van der Waals surface area contributed by atoms with Gasteiger partial charge in [0.1, 0.15) is 17.2 Å². The third-order valence-corrected chi connectivity index (χ3v) is 11.9. The smallest absolute Gasteiger partial charge is 0.333 e. The van der Waals surface area contributed by atoms with Gasteiger partial charge in [-0.25, -0.2) is 14.8 Å². The van der Waals surface area contributed by atoms with Crippen molar-refractivity contribution < 1.29 is 14.2 Å². The minimum Gasteiger partial charge on any atom is -0.491 e. The summed E-state index contributed by atoms with van der Waals surface area (Å²) in [6.07, 6.45) is 0.389. The summed E-state index contributed by atoms with van der Waals surface area (Å²) in [5, 5.41) is 18.4. The van der Waals surface area contributed by atoms with E-state index >= 15 is 0 Å². The number of hydrogen-bond donors (Lipinski definition) is 6. The predicted molar refractivity (Wildman–Crippen MR) is 339 cm³/mol. The van der Waals surface area contributed by atoms with Crippen molar-refractivity contribution in [3.05, 3.63) is 193 Å². The molecule has 0 amide bonds. The van der Waals surface area contributed by atoms with Crippen LogP contribution in [0, 0.1) is 4.77 Å². The van der Waals surface area contributed by atoms with E-state index < -0.39 is 0 Å². The van der Waals surface area contributed by atoms with Gasteiger partial charge in [0.25, 0.3) is 0 Å². The summed E-state index contributed by atoms with van der Waals surface area (Å²) in [5.41, 5.74) is 11.2.